The van der Waals surface area contributed by atoms with E-state index in [0.717, 1.165) is 5.56 Å². The zero-order chi connectivity index (χ0) is 15.0. The topological polar surface area (TPSA) is 75.7 Å². The molecule has 0 spiro atoms. The van der Waals surface area contributed by atoms with Gasteiger partial charge in [0.2, 0.25) is 15.9 Å². The Hall–Kier alpha value is -1.44. The van der Waals surface area contributed by atoms with Crippen LogP contribution in [0.3, 0.4) is 0 Å². The van der Waals surface area contributed by atoms with Crippen LogP contribution in [0.4, 0.5) is 5.69 Å². The van der Waals surface area contributed by atoms with E-state index in [0.29, 0.717) is 38.3 Å². The van der Waals surface area contributed by atoms with Crippen LogP contribution in [0.25, 0.3) is 0 Å². The summed E-state index contributed by atoms with van der Waals surface area (Å²) in [6.45, 7) is 3.05. The number of aryl methyl sites for hydroxylation is 1. The van der Waals surface area contributed by atoms with Crippen molar-refractivity contribution in [1.82, 2.24) is 4.31 Å². The van der Waals surface area contributed by atoms with Crippen molar-refractivity contribution in [2.75, 3.05) is 25.1 Å². The van der Waals surface area contributed by atoms with Gasteiger partial charge in [0.1, 0.15) is 0 Å². The van der Waals surface area contributed by atoms with E-state index >= 15 is 0 Å². The number of benzene rings is 1. The van der Waals surface area contributed by atoms with Gasteiger partial charge in [-0.05, 0) is 37.1 Å². The number of carbonyl (C=O) groups excluding carboxylic acids is 1. The zero-order valence-electron chi connectivity index (χ0n) is 11.8. The molecule has 0 saturated carbocycles. The number of sulfonamides is 1. The fourth-order valence-corrected chi connectivity index (χ4v) is 4.38. The molecule has 3 rings (SSSR count). The largest absolute Gasteiger partial charge is 0.378 e. The molecule has 114 valence electrons. The molecule has 0 radical (unpaired) electrons. The van der Waals surface area contributed by atoms with Crippen LogP contribution in [-0.4, -0.2) is 44.4 Å². The van der Waals surface area contributed by atoms with E-state index in [-0.39, 0.29) is 16.8 Å². The Kier molecular flexibility index (Phi) is 3.73. The number of anilines is 1. The molecule has 0 bridgehead atoms. The van der Waals surface area contributed by atoms with Crippen molar-refractivity contribution in [2.45, 2.75) is 30.7 Å². The van der Waals surface area contributed by atoms with Crippen LogP contribution in [0.2, 0.25) is 0 Å². The number of nitrogens with zero attached hydrogens (tertiary/aromatic N) is 1. The van der Waals surface area contributed by atoms with Gasteiger partial charge in [0.05, 0.1) is 18.1 Å². The Morgan fingerprint density at radius 1 is 1.33 bits per heavy atom. The van der Waals surface area contributed by atoms with E-state index in [1.165, 1.54) is 4.31 Å². The number of hydrogen-bond acceptors (Lipinski definition) is 4. The Balaban J connectivity index is 1.94. The van der Waals surface area contributed by atoms with Crippen molar-refractivity contribution in [1.29, 1.82) is 0 Å². The molecule has 1 fully saturated rings. The summed E-state index contributed by atoms with van der Waals surface area (Å²) in [6, 6.07) is 4.73. The second-order valence-electron chi connectivity index (χ2n) is 5.41. The Bertz CT molecular complexity index is 672. The minimum Gasteiger partial charge on any atom is -0.378 e. The molecule has 1 amide bonds. The zero-order valence-corrected chi connectivity index (χ0v) is 12.6. The first-order valence-corrected chi connectivity index (χ1v) is 8.45. The van der Waals surface area contributed by atoms with Crippen LogP contribution >= 0.6 is 0 Å². The van der Waals surface area contributed by atoms with Crippen LogP contribution in [-0.2, 0) is 26.0 Å². The third kappa shape index (κ3) is 2.68. The molecule has 2 aliphatic heterocycles. The number of amides is 1. The minimum atomic E-state index is -3.52. The molecular weight excluding hydrogens is 292 g/mol. The van der Waals surface area contributed by atoms with Crippen LogP contribution in [0.1, 0.15) is 18.9 Å². The molecular formula is C14H18N2O4S. The number of ether oxygens (including phenoxy) is 1. The Morgan fingerprint density at radius 2 is 2.14 bits per heavy atom. The molecule has 2 heterocycles. The minimum absolute atomic E-state index is 0.0279. The number of fused-ring (bicyclic) bond motifs is 1. The lowest BCUT2D eigenvalue weighted by molar-refractivity contribution is -0.116. The van der Waals surface area contributed by atoms with Crippen LogP contribution < -0.4 is 5.32 Å². The molecule has 0 aromatic heterocycles. The summed E-state index contributed by atoms with van der Waals surface area (Å²) < 4.78 is 32.2. The maximum absolute atomic E-state index is 12.7. The average molecular weight is 310 g/mol. The first-order chi connectivity index (χ1) is 9.98. The molecule has 1 aromatic rings. The van der Waals surface area contributed by atoms with Crippen molar-refractivity contribution < 1.29 is 17.9 Å². The van der Waals surface area contributed by atoms with Crippen molar-refractivity contribution in [3.63, 3.8) is 0 Å². The van der Waals surface area contributed by atoms with Gasteiger partial charge in [-0.25, -0.2) is 8.42 Å². The second kappa shape index (κ2) is 5.40. The number of morpholine rings is 1. The van der Waals surface area contributed by atoms with Gasteiger partial charge in [0.25, 0.3) is 0 Å². The van der Waals surface area contributed by atoms with E-state index < -0.39 is 10.0 Å². The summed E-state index contributed by atoms with van der Waals surface area (Å²) >= 11 is 0. The number of nitrogens with one attached hydrogen (secondary N) is 1. The number of carbonyl (C=O) groups is 1. The Labute approximate surface area is 124 Å². The smallest absolute Gasteiger partial charge is 0.243 e. The summed E-state index contributed by atoms with van der Waals surface area (Å²) in [5.74, 6) is -0.0279. The molecule has 1 aromatic carbocycles. The van der Waals surface area contributed by atoms with Crippen molar-refractivity contribution in [2.24, 2.45) is 0 Å². The number of hydrogen-bond donors (Lipinski definition) is 1. The van der Waals surface area contributed by atoms with E-state index in [1.807, 2.05) is 6.92 Å². The highest BCUT2D eigenvalue weighted by Gasteiger charge is 2.32. The van der Waals surface area contributed by atoms with Crippen LogP contribution in [0, 0.1) is 0 Å². The average Bonchev–Trinajstić information content (AvgIpc) is 2.47. The fraction of sp³-hybridized carbons (Fsp3) is 0.500. The maximum atomic E-state index is 12.7. The molecule has 7 heteroatoms. The second-order valence-corrected chi connectivity index (χ2v) is 7.30. The predicted octanol–water partition coefficient (Wildman–Crippen LogP) is 0.981. The normalized spacial score (nSPS) is 23.5. The van der Waals surface area contributed by atoms with Gasteiger partial charge in [0.15, 0.2) is 0 Å². The molecule has 1 unspecified atom stereocenters. The molecule has 1 atom stereocenters. The van der Waals surface area contributed by atoms with Gasteiger partial charge in [0, 0.05) is 24.7 Å². The molecule has 1 saturated heterocycles. The van der Waals surface area contributed by atoms with E-state index in [9.17, 15) is 13.2 Å². The Morgan fingerprint density at radius 3 is 2.90 bits per heavy atom. The molecule has 0 aliphatic carbocycles. The predicted molar refractivity (Wildman–Crippen MR) is 77.6 cm³/mol. The highest BCUT2D eigenvalue weighted by Crippen LogP contribution is 2.28. The van der Waals surface area contributed by atoms with Gasteiger partial charge in [-0.1, -0.05) is 0 Å². The van der Waals surface area contributed by atoms with Crippen molar-refractivity contribution in [3.05, 3.63) is 23.8 Å². The summed E-state index contributed by atoms with van der Waals surface area (Å²) in [7, 11) is -3.52. The van der Waals surface area contributed by atoms with Gasteiger partial charge in [-0.3, -0.25) is 4.79 Å². The van der Waals surface area contributed by atoms with Gasteiger partial charge in [-0.2, -0.15) is 4.31 Å². The lowest BCUT2D eigenvalue weighted by Crippen LogP contribution is -2.46. The molecule has 1 N–H and O–H groups in total. The standard InChI is InChI=1S/C14H18N2O4S/c1-10-9-20-7-6-16(10)21(18,19)12-3-4-13-11(8-12)2-5-14(17)15-13/h3-4,8,10H,2,5-7,9H2,1H3,(H,15,17). The van der Waals surface area contributed by atoms with E-state index in [2.05, 4.69) is 5.32 Å². The van der Waals surface area contributed by atoms with E-state index in [4.69, 9.17) is 4.74 Å². The first-order valence-electron chi connectivity index (χ1n) is 7.01. The van der Waals surface area contributed by atoms with Crippen molar-refractivity contribution in [3.8, 4) is 0 Å². The first kappa shape index (κ1) is 14.5. The monoisotopic (exact) mass is 310 g/mol. The third-order valence-corrected chi connectivity index (χ3v) is 5.90. The van der Waals surface area contributed by atoms with Crippen LogP contribution in [0.15, 0.2) is 23.1 Å². The van der Waals surface area contributed by atoms with Crippen LogP contribution in [0.5, 0.6) is 0 Å². The summed E-state index contributed by atoms with van der Waals surface area (Å²) in [4.78, 5) is 11.6. The molecule has 21 heavy (non-hydrogen) atoms. The third-order valence-electron chi connectivity index (χ3n) is 3.89. The fourth-order valence-electron chi connectivity index (χ4n) is 2.72. The van der Waals surface area contributed by atoms with Crippen molar-refractivity contribution >= 4 is 21.6 Å². The highest BCUT2D eigenvalue weighted by molar-refractivity contribution is 7.89. The van der Waals surface area contributed by atoms with Gasteiger partial charge < -0.3 is 10.1 Å². The SMILES string of the molecule is CC1COCCN1S(=O)(=O)c1ccc2c(c1)CCC(=O)N2. The maximum Gasteiger partial charge on any atom is 0.243 e. The lowest BCUT2D eigenvalue weighted by atomic mass is 10.0. The summed E-state index contributed by atoms with van der Waals surface area (Å²) in [5, 5.41) is 2.76. The molecule has 6 nitrogen and oxygen atoms in total. The number of rotatable bonds is 2. The van der Waals surface area contributed by atoms with Gasteiger partial charge in [-0.15, -0.1) is 0 Å². The lowest BCUT2D eigenvalue weighted by Gasteiger charge is -2.32. The quantitative estimate of drug-likeness (QED) is 0.883. The summed E-state index contributed by atoms with van der Waals surface area (Å²) in [6.07, 6.45) is 0.966. The van der Waals surface area contributed by atoms with Gasteiger partial charge >= 0.3 is 0 Å². The van der Waals surface area contributed by atoms with E-state index in [1.54, 1.807) is 18.2 Å². The highest BCUT2D eigenvalue weighted by atomic mass is 32.2. The molecule has 2 aliphatic rings. The summed E-state index contributed by atoms with van der Waals surface area (Å²) in [5.41, 5.74) is 1.58.